The quantitative estimate of drug-likeness (QED) is 0.395. The number of rotatable bonds is 3. The van der Waals surface area contributed by atoms with Gasteiger partial charge in [0.15, 0.2) is 0 Å². The molecule has 2 saturated carbocycles. The lowest BCUT2D eigenvalue weighted by atomic mass is 9.63. The molecule has 1 aromatic rings. The van der Waals surface area contributed by atoms with Crippen LogP contribution in [0.3, 0.4) is 0 Å². The highest BCUT2D eigenvalue weighted by Gasteiger charge is 2.67. The maximum absolute atomic E-state index is 13.3. The van der Waals surface area contributed by atoms with Crippen LogP contribution in [0.25, 0.3) is 0 Å². The number of nitrogens with zero attached hydrogens (tertiary/aromatic N) is 2. The molecule has 1 aliphatic heterocycles. The number of hydrogen-bond donors (Lipinski definition) is 0. The summed E-state index contributed by atoms with van der Waals surface area (Å²) < 4.78 is 79.0. The van der Waals surface area contributed by atoms with Crippen molar-refractivity contribution >= 4 is 23.4 Å². The monoisotopic (exact) mass is 458 g/mol. The van der Waals surface area contributed by atoms with Crippen LogP contribution in [0.15, 0.2) is 36.4 Å². The first-order valence-electron chi connectivity index (χ1n) is 9.99. The number of imide groups is 1. The fraction of sp³-hybridized carbons (Fsp3) is 0.476. The van der Waals surface area contributed by atoms with E-state index >= 15 is 0 Å². The van der Waals surface area contributed by atoms with Gasteiger partial charge in [0.1, 0.15) is 6.67 Å². The van der Waals surface area contributed by atoms with Crippen LogP contribution >= 0.6 is 0 Å². The lowest BCUT2D eigenvalue weighted by Gasteiger charge is -2.37. The third-order valence-corrected chi connectivity index (χ3v) is 7.01. The predicted octanol–water partition coefficient (Wildman–Crippen LogP) is 3.61. The molecule has 1 aromatic carbocycles. The highest BCUT2D eigenvalue weighted by atomic mass is 19.4. The van der Waals surface area contributed by atoms with E-state index in [9.17, 15) is 40.7 Å². The normalized spacial score (nSPS) is 32.8. The first-order valence-corrected chi connectivity index (χ1v) is 9.99. The van der Waals surface area contributed by atoms with Crippen molar-refractivity contribution in [2.24, 2.45) is 35.5 Å². The highest BCUT2D eigenvalue weighted by molar-refractivity contribution is 6.07. The zero-order valence-electron chi connectivity index (χ0n) is 16.2. The van der Waals surface area contributed by atoms with E-state index in [0.29, 0.717) is 17.0 Å². The van der Waals surface area contributed by atoms with Gasteiger partial charge in [-0.25, -0.2) is 0 Å². The number of carbonyl (C=O) groups is 3. The van der Waals surface area contributed by atoms with E-state index in [-0.39, 0.29) is 28.6 Å². The van der Waals surface area contributed by atoms with E-state index in [1.54, 1.807) is 0 Å². The van der Waals surface area contributed by atoms with Gasteiger partial charge in [0.2, 0.25) is 11.8 Å². The van der Waals surface area contributed by atoms with Crippen LogP contribution in [0, 0.1) is 35.5 Å². The average Bonchev–Trinajstić information content (AvgIpc) is 3.50. The molecule has 3 amide bonds. The van der Waals surface area contributed by atoms with Gasteiger partial charge >= 0.3 is 18.3 Å². The maximum Gasteiger partial charge on any atom is 0.471 e. The third kappa shape index (κ3) is 3.04. The maximum atomic E-state index is 13.3. The van der Waals surface area contributed by atoms with Gasteiger partial charge in [-0.1, -0.05) is 18.2 Å². The molecule has 1 heterocycles. The van der Waals surface area contributed by atoms with Crippen LogP contribution in [0.5, 0.6) is 0 Å². The Morgan fingerprint density at radius 2 is 1.53 bits per heavy atom. The second-order valence-corrected chi connectivity index (χ2v) is 8.68. The summed E-state index contributed by atoms with van der Waals surface area (Å²) in [5.41, 5.74) is -1.97. The van der Waals surface area contributed by atoms with Gasteiger partial charge in [-0.3, -0.25) is 24.2 Å². The first-order chi connectivity index (χ1) is 14.9. The van der Waals surface area contributed by atoms with Gasteiger partial charge in [-0.05, 0) is 48.3 Å². The molecule has 0 N–H and O–H groups in total. The molecular formula is C21H16F6N2O3. The van der Waals surface area contributed by atoms with E-state index in [2.05, 4.69) is 0 Å². The van der Waals surface area contributed by atoms with Crippen LogP contribution in [-0.2, 0) is 20.6 Å². The molecule has 0 unspecified atom stereocenters. The Labute approximate surface area is 177 Å². The Morgan fingerprint density at radius 1 is 0.969 bits per heavy atom. The van der Waals surface area contributed by atoms with Gasteiger partial charge in [0.25, 0.3) is 0 Å². The van der Waals surface area contributed by atoms with Crippen molar-refractivity contribution in [1.29, 1.82) is 0 Å². The van der Waals surface area contributed by atoms with Crippen molar-refractivity contribution < 1.29 is 40.7 Å². The molecule has 5 nitrogen and oxygen atoms in total. The number of anilines is 1. The minimum Gasteiger partial charge on any atom is -0.286 e. The van der Waals surface area contributed by atoms with E-state index in [0.717, 1.165) is 18.6 Å². The Bertz CT molecular complexity index is 1010. The van der Waals surface area contributed by atoms with Crippen molar-refractivity contribution in [3.63, 3.8) is 0 Å². The van der Waals surface area contributed by atoms with Crippen LogP contribution < -0.4 is 4.90 Å². The molecule has 3 fully saturated rings. The SMILES string of the molecule is O=C1[C@@H]2[C@H]3C=C[C@@H]([C@@H]4C[C@H]34)[C@H]2C(=O)N1CN(C(=O)C(F)(F)F)c1cccc(C(F)(F)F)c1. The Kier molecular flexibility index (Phi) is 4.32. The van der Waals surface area contributed by atoms with Crippen LogP contribution in [0.2, 0.25) is 0 Å². The molecule has 6 atom stereocenters. The number of alkyl halides is 6. The largest absolute Gasteiger partial charge is 0.471 e. The second kappa shape index (κ2) is 6.58. The molecule has 0 spiro atoms. The Hall–Kier alpha value is -2.85. The number of allylic oxidation sites excluding steroid dienone is 2. The zero-order chi connectivity index (χ0) is 23.2. The smallest absolute Gasteiger partial charge is 0.286 e. The fourth-order valence-corrected chi connectivity index (χ4v) is 5.57. The molecule has 2 bridgehead atoms. The first kappa shape index (κ1) is 21.0. The summed E-state index contributed by atoms with van der Waals surface area (Å²) in [7, 11) is 0. The highest BCUT2D eigenvalue weighted by Crippen LogP contribution is 2.65. The molecule has 0 radical (unpaired) electrons. The van der Waals surface area contributed by atoms with Gasteiger partial charge < -0.3 is 0 Å². The Balaban J connectivity index is 1.48. The standard InChI is InChI=1S/C21H16F6N2O3/c22-20(23,24)9-2-1-3-10(6-9)28(19(32)21(25,26)27)8-29-17(30)15-11-4-5-12(14-7-13(11)14)16(15)18(29)31/h1-6,11-16H,7-8H2/t11-,12-,13-,14+,15+,16+/m0/s1. The second-order valence-electron chi connectivity index (χ2n) is 8.68. The lowest BCUT2D eigenvalue weighted by molar-refractivity contribution is -0.171. The summed E-state index contributed by atoms with van der Waals surface area (Å²) >= 11 is 0. The number of benzene rings is 1. The third-order valence-electron chi connectivity index (χ3n) is 7.01. The summed E-state index contributed by atoms with van der Waals surface area (Å²) in [6.45, 7) is -1.10. The van der Waals surface area contributed by atoms with Crippen molar-refractivity contribution in [3.8, 4) is 0 Å². The van der Waals surface area contributed by atoms with Crippen LogP contribution in [0.1, 0.15) is 12.0 Å². The van der Waals surface area contributed by atoms with E-state index < -0.39 is 59.8 Å². The average molecular weight is 458 g/mol. The molecule has 11 heteroatoms. The van der Waals surface area contributed by atoms with Crippen LogP contribution in [0.4, 0.5) is 32.0 Å². The molecule has 0 aromatic heterocycles. The summed E-state index contributed by atoms with van der Waals surface area (Å²) in [4.78, 5) is 38.8. The number of carbonyl (C=O) groups excluding carboxylic acids is 3. The van der Waals surface area contributed by atoms with Gasteiger partial charge in [0.05, 0.1) is 17.4 Å². The predicted molar refractivity (Wildman–Crippen MR) is 96.4 cm³/mol. The number of amides is 3. The van der Waals surface area contributed by atoms with Crippen molar-refractivity contribution in [2.45, 2.75) is 18.8 Å². The summed E-state index contributed by atoms with van der Waals surface area (Å²) in [5, 5.41) is 0. The lowest BCUT2D eigenvalue weighted by Crippen LogP contribution is -2.49. The molecule has 6 rings (SSSR count). The van der Waals surface area contributed by atoms with Crippen molar-refractivity contribution in [3.05, 3.63) is 42.0 Å². The molecule has 32 heavy (non-hydrogen) atoms. The summed E-state index contributed by atoms with van der Waals surface area (Å²) in [5.74, 6) is -5.08. The van der Waals surface area contributed by atoms with Gasteiger partial charge in [-0.15, -0.1) is 0 Å². The van der Waals surface area contributed by atoms with E-state index in [1.165, 1.54) is 0 Å². The summed E-state index contributed by atoms with van der Waals surface area (Å²) in [6, 6.07) is 2.80. The van der Waals surface area contributed by atoms with Crippen LogP contribution in [-0.4, -0.2) is 35.5 Å². The number of halogens is 6. The molecule has 5 aliphatic rings. The molecule has 170 valence electrons. The van der Waals surface area contributed by atoms with Crippen molar-refractivity contribution in [1.82, 2.24) is 4.90 Å². The topological polar surface area (TPSA) is 57.7 Å². The zero-order valence-corrected chi connectivity index (χ0v) is 16.2. The fourth-order valence-electron chi connectivity index (χ4n) is 5.57. The summed E-state index contributed by atoms with van der Waals surface area (Å²) in [6.07, 6.45) is -5.64. The minimum absolute atomic E-state index is 0.0123. The van der Waals surface area contributed by atoms with Gasteiger partial charge in [0, 0.05) is 5.69 Å². The molecule has 1 saturated heterocycles. The number of hydrogen-bond acceptors (Lipinski definition) is 3. The molecule has 4 aliphatic carbocycles. The minimum atomic E-state index is -5.42. The Morgan fingerprint density at radius 3 is 2.03 bits per heavy atom. The van der Waals surface area contributed by atoms with E-state index in [1.807, 2.05) is 12.2 Å². The molecular weight excluding hydrogens is 442 g/mol. The van der Waals surface area contributed by atoms with Crippen molar-refractivity contribution in [2.75, 3.05) is 11.6 Å². The van der Waals surface area contributed by atoms with Gasteiger partial charge in [-0.2, -0.15) is 26.3 Å². The van der Waals surface area contributed by atoms with E-state index in [4.69, 9.17) is 0 Å². The number of likely N-dealkylation sites (tertiary alicyclic amines) is 1.